The van der Waals surface area contributed by atoms with Gasteiger partial charge in [-0.05, 0) is 6.42 Å². The van der Waals surface area contributed by atoms with Crippen molar-refractivity contribution in [2.24, 2.45) is 0 Å². The number of rotatable bonds is 9. The number of ether oxygens (including phenoxy) is 2. The van der Waals surface area contributed by atoms with Gasteiger partial charge < -0.3 is 19.9 Å². The van der Waals surface area contributed by atoms with Crippen LogP contribution in [0.25, 0.3) is 0 Å². The predicted octanol–water partition coefficient (Wildman–Crippen LogP) is -0.370. The molecule has 0 aliphatic heterocycles. The Labute approximate surface area is 88.6 Å². The zero-order chi connectivity index (χ0) is 11.5. The zero-order valence-electron chi connectivity index (χ0n) is 8.82. The minimum atomic E-state index is -1.09. The van der Waals surface area contributed by atoms with Gasteiger partial charge >= 0.3 is 5.97 Å². The third kappa shape index (κ3) is 10.8. The van der Waals surface area contributed by atoms with Crippen LogP contribution in [-0.2, 0) is 19.1 Å². The molecule has 6 nitrogen and oxygen atoms in total. The fraction of sp³-hybridized carbons (Fsp3) is 0.778. The van der Waals surface area contributed by atoms with Gasteiger partial charge in [0.15, 0.2) is 0 Å². The van der Waals surface area contributed by atoms with Gasteiger partial charge in [-0.25, -0.2) is 4.79 Å². The van der Waals surface area contributed by atoms with Crippen molar-refractivity contribution in [2.45, 2.75) is 13.3 Å². The molecule has 0 aromatic carbocycles. The Balaban J connectivity index is 3.22. The lowest BCUT2D eigenvalue weighted by Gasteiger charge is -2.05. The molecule has 2 N–H and O–H groups in total. The van der Waals surface area contributed by atoms with Gasteiger partial charge in [0.2, 0.25) is 5.91 Å². The topological polar surface area (TPSA) is 84.9 Å². The van der Waals surface area contributed by atoms with Gasteiger partial charge in [-0.2, -0.15) is 0 Å². The number of aliphatic carboxylic acids is 1. The summed E-state index contributed by atoms with van der Waals surface area (Å²) in [5.41, 5.74) is 0. The fourth-order valence-electron chi connectivity index (χ4n) is 0.791. The quantitative estimate of drug-likeness (QED) is 0.517. The maximum atomic E-state index is 11.0. The number of hydrogen-bond acceptors (Lipinski definition) is 4. The maximum absolute atomic E-state index is 11.0. The largest absolute Gasteiger partial charge is 0.480 e. The second kappa shape index (κ2) is 9.42. The van der Waals surface area contributed by atoms with E-state index in [9.17, 15) is 9.59 Å². The minimum absolute atomic E-state index is 0.236. The number of carbonyl (C=O) groups is 2. The van der Waals surface area contributed by atoms with Crippen LogP contribution in [-0.4, -0.2) is 50.0 Å². The second-order valence-electron chi connectivity index (χ2n) is 2.85. The highest BCUT2D eigenvalue weighted by Gasteiger charge is 2.02. The van der Waals surface area contributed by atoms with E-state index in [4.69, 9.17) is 9.84 Å². The molecule has 0 rings (SSSR count). The first kappa shape index (κ1) is 13.9. The first-order valence-corrected chi connectivity index (χ1v) is 4.80. The summed E-state index contributed by atoms with van der Waals surface area (Å²) in [7, 11) is 0. The zero-order valence-corrected chi connectivity index (χ0v) is 8.82. The number of carboxylic acid groups (broad SMARTS) is 1. The van der Waals surface area contributed by atoms with Crippen LogP contribution in [0.4, 0.5) is 0 Å². The highest BCUT2D eigenvalue weighted by atomic mass is 16.5. The molecule has 0 aromatic rings. The van der Waals surface area contributed by atoms with Crippen LogP contribution < -0.4 is 5.32 Å². The average Bonchev–Trinajstić information content (AvgIpc) is 2.17. The maximum Gasteiger partial charge on any atom is 0.329 e. The molecule has 1 amide bonds. The van der Waals surface area contributed by atoms with Gasteiger partial charge in [0.25, 0.3) is 0 Å². The summed E-state index contributed by atoms with van der Waals surface area (Å²) in [6, 6.07) is 0. The molecule has 15 heavy (non-hydrogen) atoms. The Hall–Kier alpha value is -1.14. The van der Waals surface area contributed by atoms with Crippen molar-refractivity contribution in [1.82, 2.24) is 5.32 Å². The van der Waals surface area contributed by atoms with Crippen molar-refractivity contribution in [3.05, 3.63) is 0 Å². The molecule has 0 saturated carbocycles. The Morgan fingerprint density at radius 1 is 1.20 bits per heavy atom. The molecule has 0 radical (unpaired) electrons. The molecule has 0 unspecified atom stereocenters. The minimum Gasteiger partial charge on any atom is -0.480 e. The van der Waals surface area contributed by atoms with Crippen molar-refractivity contribution in [3.63, 3.8) is 0 Å². The lowest BCUT2D eigenvalue weighted by atomic mass is 10.5. The van der Waals surface area contributed by atoms with E-state index < -0.39 is 12.6 Å². The van der Waals surface area contributed by atoms with E-state index in [1.54, 1.807) is 0 Å². The van der Waals surface area contributed by atoms with E-state index in [0.717, 1.165) is 6.42 Å². The molecule has 0 bridgehead atoms. The van der Waals surface area contributed by atoms with Crippen LogP contribution >= 0.6 is 0 Å². The Bertz CT molecular complexity index is 195. The van der Waals surface area contributed by atoms with E-state index >= 15 is 0 Å². The molecule has 0 saturated heterocycles. The number of hydrogen-bond donors (Lipinski definition) is 2. The summed E-state index contributed by atoms with van der Waals surface area (Å²) in [6.07, 6.45) is 0.940. The normalized spacial score (nSPS) is 9.93. The van der Waals surface area contributed by atoms with Crippen molar-refractivity contribution < 1.29 is 24.2 Å². The third-order valence-electron chi connectivity index (χ3n) is 1.38. The van der Waals surface area contributed by atoms with Crippen molar-refractivity contribution >= 4 is 11.9 Å². The molecule has 0 aromatic heterocycles. The summed E-state index contributed by atoms with van der Waals surface area (Å²) in [5, 5.41) is 10.8. The number of nitrogens with one attached hydrogen (secondary N) is 1. The number of carboxylic acids is 1. The smallest absolute Gasteiger partial charge is 0.329 e. The Kier molecular flexibility index (Phi) is 8.70. The second-order valence-corrected chi connectivity index (χ2v) is 2.85. The van der Waals surface area contributed by atoms with E-state index in [2.05, 4.69) is 10.1 Å². The summed E-state index contributed by atoms with van der Waals surface area (Å²) in [5.74, 6) is -1.43. The standard InChI is InChI=1S/C9H17NO5/c1-2-4-14-5-3-10-8(11)6-15-7-9(12)13/h2-7H2,1H3,(H,10,11)(H,12,13). The highest BCUT2D eigenvalue weighted by molar-refractivity contribution is 5.77. The predicted molar refractivity (Wildman–Crippen MR) is 52.6 cm³/mol. The van der Waals surface area contributed by atoms with E-state index in [1.807, 2.05) is 6.92 Å². The molecule has 0 aliphatic carbocycles. The molecule has 88 valence electrons. The monoisotopic (exact) mass is 219 g/mol. The summed E-state index contributed by atoms with van der Waals surface area (Å²) >= 11 is 0. The van der Waals surface area contributed by atoms with E-state index in [1.165, 1.54) is 0 Å². The van der Waals surface area contributed by atoms with Crippen molar-refractivity contribution in [3.8, 4) is 0 Å². The van der Waals surface area contributed by atoms with Gasteiger partial charge in [0, 0.05) is 13.2 Å². The van der Waals surface area contributed by atoms with Crippen LogP contribution in [0.2, 0.25) is 0 Å². The van der Waals surface area contributed by atoms with Gasteiger partial charge in [-0.15, -0.1) is 0 Å². The van der Waals surface area contributed by atoms with Gasteiger partial charge in [-0.3, -0.25) is 4.79 Å². The van der Waals surface area contributed by atoms with Crippen LogP contribution in [0.3, 0.4) is 0 Å². The van der Waals surface area contributed by atoms with Crippen LogP contribution in [0, 0.1) is 0 Å². The van der Waals surface area contributed by atoms with Gasteiger partial charge in [0.05, 0.1) is 6.61 Å². The number of carbonyl (C=O) groups excluding carboxylic acids is 1. The van der Waals surface area contributed by atoms with Crippen LogP contribution in [0.5, 0.6) is 0 Å². The number of amides is 1. The van der Waals surface area contributed by atoms with Crippen molar-refractivity contribution in [1.29, 1.82) is 0 Å². The van der Waals surface area contributed by atoms with Crippen LogP contribution in [0.15, 0.2) is 0 Å². The highest BCUT2D eigenvalue weighted by Crippen LogP contribution is 1.79. The molecule has 0 atom stereocenters. The fourth-order valence-corrected chi connectivity index (χ4v) is 0.791. The molecule has 0 spiro atoms. The molecule has 0 heterocycles. The Morgan fingerprint density at radius 3 is 2.53 bits per heavy atom. The third-order valence-corrected chi connectivity index (χ3v) is 1.38. The lowest BCUT2D eigenvalue weighted by Crippen LogP contribution is -2.31. The summed E-state index contributed by atoms with van der Waals surface area (Å²) in [4.78, 5) is 21.0. The first-order valence-electron chi connectivity index (χ1n) is 4.80. The van der Waals surface area contributed by atoms with Crippen LogP contribution in [0.1, 0.15) is 13.3 Å². The van der Waals surface area contributed by atoms with E-state index in [0.29, 0.717) is 19.8 Å². The van der Waals surface area contributed by atoms with Crippen molar-refractivity contribution in [2.75, 3.05) is 33.0 Å². The SMILES string of the molecule is CCCOCCNC(=O)COCC(=O)O. The molecule has 0 fully saturated rings. The summed E-state index contributed by atoms with van der Waals surface area (Å²) in [6.45, 7) is 2.84. The first-order chi connectivity index (χ1) is 7.16. The average molecular weight is 219 g/mol. The van der Waals surface area contributed by atoms with E-state index in [-0.39, 0.29) is 12.5 Å². The van der Waals surface area contributed by atoms with Gasteiger partial charge in [0.1, 0.15) is 13.2 Å². The summed E-state index contributed by atoms with van der Waals surface area (Å²) < 4.78 is 9.71. The Morgan fingerprint density at radius 2 is 1.93 bits per heavy atom. The molecular formula is C9H17NO5. The molecule has 0 aliphatic rings. The lowest BCUT2D eigenvalue weighted by molar-refractivity contribution is -0.143. The van der Waals surface area contributed by atoms with Gasteiger partial charge in [-0.1, -0.05) is 6.92 Å². The molecule has 6 heteroatoms. The molecular weight excluding hydrogens is 202 g/mol.